The average Bonchev–Trinajstić information content (AvgIpc) is 3.17. The number of allylic oxidation sites excluding steroid dienone is 10. The van der Waals surface area contributed by atoms with Gasteiger partial charge >= 0.3 is 19.8 Å². The number of esters is 2. The minimum Gasteiger partial charge on any atom is -0.462 e. The molecule has 0 saturated carbocycles. The molecular weight excluding hydrogens is 750 g/mol. The molecule has 0 radical (unpaired) electrons. The zero-order valence-electron chi connectivity index (χ0n) is 37.8. The number of likely N-dealkylation sites (N-methyl/N-ethyl adjacent to an activating group) is 1. The molecule has 0 fully saturated rings. The second kappa shape index (κ2) is 40.1. The van der Waals surface area contributed by atoms with Crippen molar-refractivity contribution in [1.29, 1.82) is 0 Å². The first-order valence-electron chi connectivity index (χ1n) is 23.0. The van der Waals surface area contributed by atoms with Crippen molar-refractivity contribution in [3.8, 4) is 0 Å². The van der Waals surface area contributed by atoms with Crippen LogP contribution in [0.4, 0.5) is 0 Å². The van der Waals surface area contributed by atoms with Crippen LogP contribution in [-0.4, -0.2) is 74.9 Å². The average molecular weight is 837 g/mol. The molecule has 0 heterocycles. The highest BCUT2D eigenvalue weighted by Gasteiger charge is 2.27. The Hall–Kier alpha value is -2.29. The van der Waals surface area contributed by atoms with Crippen molar-refractivity contribution in [3.05, 3.63) is 60.8 Å². The lowest BCUT2D eigenvalue weighted by atomic mass is 10.1. The summed E-state index contributed by atoms with van der Waals surface area (Å²) in [5.41, 5.74) is 0. The van der Waals surface area contributed by atoms with Crippen LogP contribution in [0, 0.1) is 0 Å². The first-order chi connectivity index (χ1) is 28.0. The Labute approximate surface area is 356 Å². The number of quaternary nitrogens is 1. The molecule has 0 aromatic carbocycles. The van der Waals surface area contributed by atoms with Gasteiger partial charge in [-0.25, -0.2) is 4.57 Å². The molecule has 0 amide bonds. The number of nitrogens with zero attached hydrogens (tertiary/aromatic N) is 1. The van der Waals surface area contributed by atoms with Crippen molar-refractivity contribution < 1.29 is 42.1 Å². The summed E-state index contributed by atoms with van der Waals surface area (Å²) in [6.07, 6.45) is 48.4. The van der Waals surface area contributed by atoms with Crippen LogP contribution in [0.15, 0.2) is 60.8 Å². The fourth-order valence-corrected chi connectivity index (χ4v) is 6.62. The fourth-order valence-electron chi connectivity index (χ4n) is 5.88. The summed E-state index contributed by atoms with van der Waals surface area (Å²) in [4.78, 5) is 35.4. The van der Waals surface area contributed by atoms with E-state index in [2.05, 4.69) is 74.6 Å². The van der Waals surface area contributed by atoms with E-state index in [1.807, 2.05) is 21.1 Å². The summed E-state index contributed by atoms with van der Waals surface area (Å²) in [7, 11) is 1.43. The van der Waals surface area contributed by atoms with Gasteiger partial charge < -0.3 is 18.9 Å². The third kappa shape index (κ3) is 43.3. The molecule has 0 aliphatic carbocycles. The van der Waals surface area contributed by atoms with Gasteiger partial charge in [0, 0.05) is 12.8 Å². The van der Waals surface area contributed by atoms with Gasteiger partial charge in [0.1, 0.15) is 19.8 Å². The third-order valence-corrected chi connectivity index (χ3v) is 10.5. The molecule has 1 unspecified atom stereocenters. The Morgan fingerprint density at radius 2 is 0.948 bits per heavy atom. The Balaban J connectivity index is 4.44. The van der Waals surface area contributed by atoms with Crippen molar-refractivity contribution >= 4 is 19.8 Å². The Morgan fingerprint density at radius 1 is 0.534 bits per heavy atom. The van der Waals surface area contributed by atoms with Gasteiger partial charge in [-0.05, 0) is 77.0 Å². The summed E-state index contributed by atoms with van der Waals surface area (Å²) in [6.45, 7) is 4.32. The van der Waals surface area contributed by atoms with Crippen molar-refractivity contribution in [2.45, 2.75) is 187 Å². The van der Waals surface area contributed by atoms with Gasteiger partial charge in [0.05, 0.1) is 27.7 Å². The van der Waals surface area contributed by atoms with E-state index in [1.165, 1.54) is 83.5 Å². The maximum Gasteiger partial charge on any atom is 0.472 e. The zero-order valence-corrected chi connectivity index (χ0v) is 38.7. The standard InChI is InChI=1S/C48H86NO8P/c1-6-8-10-12-14-16-18-20-22-24-26-28-30-32-34-36-38-40-47(50)54-44-46(45-56-58(52,53)55-43-42-49(3,4)5)57-48(51)41-39-37-35-33-31-29-27-25-23-21-19-17-15-13-11-9-7-2/h14,16,20-23,27,29,33,35,46H,6-13,15,17-19,24-26,28,30-32,34,36-45H2,1-5H3/p+1/b16-14+,22-20+,23-21+,29-27+,35-33+/t46-/m1/s1. The maximum atomic E-state index is 12.7. The molecule has 336 valence electrons. The highest BCUT2D eigenvalue weighted by atomic mass is 31.2. The third-order valence-electron chi connectivity index (χ3n) is 9.52. The molecule has 0 aromatic heterocycles. The molecule has 58 heavy (non-hydrogen) atoms. The van der Waals surface area contributed by atoms with Gasteiger partial charge in [0.15, 0.2) is 6.10 Å². The smallest absolute Gasteiger partial charge is 0.462 e. The lowest BCUT2D eigenvalue weighted by Gasteiger charge is -2.24. The monoisotopic (exact) mass is 837 g/mol. The number of rotatable bonds is 41. The van der Waals surface area contributed by atoms with E-state index in [9.17, 15) is 19.0 Å². The number of hydrogen-bond acceptors (Lipinski definition) is 7. The van der Waals surface area contributed by atoms with Gasteiger partial charge in [-0.2, -0.15) is 0 Å². The number of phosphoric acid groups is 1. The number of phosphoric ester groups is 1. The quantitative estimate of drug-likeness (QED) is 0.0213. The van der Waals surface area contributed by atoms with E-state index < -0.39 is 32.5 Å². The molecule has 0 bridgehead atoms. The topological polar surface area (TPSA) is 108 Å². The van der Waals surface area contributed by atoms with Crippen molar-refractivity contribution in [1.82, 2.24) is 0 Å². The highest BCUT2D eigenvalue weighted by molar-refractivity contribution is 7.47. The van der Waals surface area contributed by atoms with Crippen LogP contribution in [0.25, 0.3) is 0 Å². The molecule has 0 aromatic rings. The highest BCUT2D eigenvalue weighted by Crippen LogP contribution is 2.43. The minimum atomic E-state index is -4.39. The van der Waals surface area contributed by atoms with E-state index >= 15 is 0 Å². The largest absolute Gasteiger partial charge is 0.472 e. The minimum absolute atomic E-state index is 0.0189. The molecule has 2 atom stereocenters. The Morgan fingerprint density at radius 3 is 1.47 bits per heavy atom. The zero-order chi connectivity index (χ0) is 42.8. The van der Waals surface area contributed by atoms with E-state index in [0.29, 0.717) is 17.4 Å². The van der Waals surface area contributed by atoms with Crippen molar-refractivity contribution in [2.24, 2.45) is 0 Å². The molecule has 0 aliphatic heterocycles. The maximum absolute atomic E-state index is 12.7. The first-order valence-corrected chi connectivity index (χ1v) is 24.5. The SMILES string of the molecule is CCCCC/C=C/C/C=C/CCCCCCCCCC(=O)OC[C@H](COP(=O)(O)OCC[N+](C)(C)C)OC(=O)CCC/C=C/C/C=C/C/C=C/CCCCCCCC. The molecular formula is C48H87NO8P+. The summed E-state index contributed by atoms with van der Waals surface area (Å²) >= 11 is 0. The fraction of sp³-hybridized carbons (Fsp3) is 0.750. The number of carbonyl (C=O) groups excluding carboxylic acids is 2. The lowest BCUT2D eigenvalue weighted by Crippen LogP contribution is -2.37. The van der Waals surface area contributed by atoms with E-state index in [-0.39, 0.29) is 26.1 Å². The number of carbonyl (C=O) groups is 2. The van der Waals surface area contributed by atoms with Gasteiger partial charge in [0.2, 0.25) is 0 Å². The predicted octanol–water partition coefficient (Wildman–Crippen LogP) is 13.2. The normalized spacial score (nSPS) is 14.1. The summed E-state index contributed by atoms with van der Waals surface area (Å²) < 4.78 is 34.3. The van der Waals surface area contributed by atoms with Crippen LogP contribution in [0.1, 0.15) is 181 Å². The van der Waals surface area contributed by atoms with Crippen LogP contribution in [0.5, 0.6) is 0 Å². The van der Waals surface area contributed by atoms with Gasteiger partial charge in [-0.3, -0.25) is 18.6 Å². The number of ether oxygens (including phenoxy) is 2. The molecule has 0 rings (SSSR count). The van der Waals surface area contributed by atoms with Crippen LogP contribution in [0.2, 0.25) is 0 Å². The van der Waals surface area contributed by atoms with Crippen LogP contribution in [-0.2, 0) is 32.7 Å². The summed E-state index contributed by atoms with van der Waals surface area (Å²) in [5.74, 6) is -0.871. The Kier molecular flexibility index (Phi) is 38.5. The molecule has 1 N–H and O–H groups in total. The molecule has 0 spiro atoms. The second-order valence-electron chi connectivity index (χ2n) is 16.4. The van der Waals surface area contributed by atoms with Crippen LogP contribution < -0.4 is 0 Å². The van der Waals surface area contributed by atoms with Gasteiger partial charge in [0.25, 0.3) is 0 Å². The molecule has 9 nitrogen and oxygen atoms in total. The summed E-state index contributed by atoms with van der Waals surface area (Å²) in [5, 5.41) is 0. The van der Waals surface area contributed by atoms with Crippen molar-refractivity contribution in [2.75, 3.05) is 47.5 Å². The van der Waals surface area contributed by atoms with Gasteiger partial charge in [-0.15, -0.1) is 0 Å². The summed E-state index contributed by atoms with van der Waals surface area (Å²) in [6, 6.07) is 0. The van der Waals surface area contributed by atoms with Gasteiger partial charge in [-0.1, -0.05) is 152 Å². The van der Waals surface area contributed by atoms with Crippen LogP contribution in [0.3, 0.4) is 0 Å². The second-order valence-corrected chi connectivity index (χ2v) is 17.9. The Bertz CT molecular complexity index is 1170. The lowest BCUT2D eigenvalue weighted by molar-refractivity contribution is -0.870. The van der Waals surface area contributed by atoms with E-state index in [1.54, 1.807) is 0 Å². The van der Waals surface area contributed by atoms with Crippen LogP contribution >= 0.6 is 7.82 Å². The predicted molar refractivity (Wildman–Crippen MR) is 243 cm³/mol. The molecule has 10 heteroatoms. The van der Waals surface area contributed by atoms with Crippen molar-refractivity contribution in [3.63, 3.8) is 0 Å². The van der Waals surface area contributed by atoms with E-state index in [4.69, 9.17) is 18.5 Å². The molecule has 0 saturated heterocycles. The number of unbranched alkanes of at least 4 members (excludes halogenated alkanes) is 17. The number of hydrogen-bond donors (Lipinski definition) is 1. The van der Waals surface area contributed by atoms with E-state index in [0.717, 1.165) is 64.2 Å². The first kappa shape index (κ1) is 55.7. The molecule has 0 aliphatic rings.